The van der Waals surface area contributed by atoms with E-state index in [9.17, 15) is 35.1 Å². The van der Waals surface area contributed by atoms with Crippen molar-refractivity contribution < 1.29 is 49.3 Å². The van der Waals surface area contributed by atoms with E-state index in [1.807, 2.05) is 6.08 Å². The third-order valence-corrected chi connectivity index (χ3v) is 12.7. The van der Waals surface area contributed by atoms with E-state index in [0.717, 1.165) is 83.5 Å². The SMILES string of the molecule is CCCCC/C=C\CCCCCCCC(=O)OCCCCCCCC/C=C\CCCCCCCCCC(=O)NC(COC1OC(CO)C(O)C(O)C1O)C(O)/C=C/CCCCCCCCC. The minimum Gasteiger partial charge on any atom is -0.466 e. The van der Waals surface area contributed by atoms with Gasteiger partial charge < -0.3 is 45.1 Å². The van der Waals surface area contributed by atoms with Gasteiger partial charge in [0.15, 0.2) is 6.29 Å². The maximum Gasteiger partial charge on any atom is 0.305 e. The molecule has 1 saturated heterocycles. The van der Waals surface area contributed by atoms with Crippen LogP contribution in [0.5, 0.6) is 0 Å². The van der Waals surface area contributed by atoms with Crippen molar-refractivity contribution in [3.63, 3.8) is 0 Å². The van der Waals surface area contributed by atoms with Gasteiger partial charge in [-0.1, -0.05) is 179 Å². The van der Waals surface area contributed by atoms with Gasteiger partial charge in [0.1, 0.15) is 24.4 Å². The van der Waals surface area contributed by atoms with Gasteiger partial charge in [-0.25, -0.2) is 0 Å². The molecule has 1 aliphatic rings. The summed E-state index contributed by atoms with van der Waals surface area (Å²) in [6.45, 7) is 4.24. The molecule has 0 radical (unpaired) electrons. The van der Waals surface area contributed by atoms with E-state index < -0.39 is 49.5 Å². The third kappa shape index (κ3) is 35.1. The molecule has 7 atom stereocenters. The highest BCUT2D eigenvalue weighted by atomic mass is 16.7. The summed E-state index contributed by atoms with van der Waals surface area (Å²) in [4.78, 5) is 25.0. The molecular weight excluding hydrogens is 835 g/mol. The lowest BCUT2D eigenvalue weighted by Crippen LogP contribution is -2.60. The molecule has 0 aromatic rings. The second kappa shape index (κ2) is 45.3. The first kappa shape index (κ1) is 61.9. The van der Waals surface area contributed by atoms with Crippen LogP contribution >= 0.6 is 0 Å². The molecule has 66 heavy (non-hydrogen) atoms. The molecule has 11 heteroatoms. The Kier molecular flexibility index (Phi) is 42.5. The molecule has 0 bridgehead atoms. The number of rotatable bonds is 46. The lowest BCUT2D eigenvalue weighted by Gasteiger charge is -2.40. The van der Waals surface area contributed by atoms with Crippen molar-refractivity contribution in [2.24, 2.45) is 0 Å². The normalized spacial score (nSPS) is 19.9. The fourth-order valence-corrected chi connectivity index (χ4v) is 8.30. The predicted molar refractivity (Wildman–Crippen MR) is 269 cm³/mol. The minimum atomic E-state index is -1.57. The van der Waals surface area contributed by atoms with Crippen LogP contribution in [0.1, 0.15) is 239 Å². The summed E-state index contributed by atoms with van der Waals surface area (Å²) in [6.07, 6.45) is 43.8. The number of allylic oxidation sites excluding steroid dienone is 5. The van der Waals surface area contributed by atoms with E-state index in [-0.39, 0.29) is 18.5 Å². The zero-order valence-electron chi connectivity index (χ0n) is 42.2. The molecule has 0 spiro atoms. The number of aliphatic hydroxyl groups is 5. The molecule has 6 N–H and O–H groups in total. The van der Waals surface area contributed by atoms with E-state index in [2.05, 4.69) is 43.5 Å². The number of carbonyl (C=O) groups excluding carboxylic acids is 2. The highest BCUT2D eigenvalue weighted by Crippen LogP contribution is 2.23. The molecule has 11 nitrogen and oxygen atoms in total. The van der Waals surface area contributed by atoms with Gasteiger partial charge in [-0.2, -0.15) is 0 Å². The molecule has 1 amide bonds. The second-order valence-electron chi connectivity index (χ2n) is 18.9. The van der Waals surface area contributed by atoms with Crippen LogP contribution in [0.3, 0.4) is 0 Å². The van der Waals surface area contributed by atoms with Crippen molar-refractivity contribution >= 4 is 11.9 Å². The number of nitrogens with one attached hydrogen (secondary N) is 1. The van der Waals surface area contributed by atoms with Gasteiger partial charge in [0, 0.05) is 12.8 Å². The zero-order chi connectivity index (χ0) is 48.1. The Balaban J connectivity index is 2.10. The van der Waals surface area contributed by atoms with Crippen molar-refractivity contribution in [3.05, 3.63) is 36.5 Å². The summed E-state index contributed by atoms with van der Waals surface area (Å²) in [5.74, 6) is -0.227. The van der Waals surface area contributed by atoms with Gasteiger partial charge in [-0.05, 0) is 83.5 Å². The Hall–Kier alpha value is -2.12. The molecule has 1 aliphatic heterocycles. The Morgan fingerprint density at radius 1 is 0.545 bits per heavy atom. The van der Waals surface area contributed by atoms with E-state index >= 15 is 0 Å². The topological polar surface area (TPSA) is 175 Å². The average molecular weight is 936 g/mol. The van der Waals surface area contributed by atoms with Crippen molar-refractivity contribution in [1.82, 2.24) is 5.32 Å². The number of carbonyl (C=O) groups is 2. The van der Waals surface area contributed by atoms with Crippen molar-refractivity contribution in [3.8, 4) is 0 Å². The summed E-state index contributed by atoms with van der Waals surface area (Å²) in [5.41, 5.74) is 0. The second-order valence-corrected chi connectivity index (χ2v) is 18.9. The smallest absolute Gasteiger partial charge is 0.305 e. The highest BCUT2D eigenvalue weighted by Gasteiger charge is 2.44. The fraction of sp³-hybridized carbons (Fsp3) is 0.855. The quantitative estimate of drug-likeness (QED) is 0.0196. The number of hydrogen-bond acceptors (Lipinski definition) is 10. The number of hydrogen-bond donors (Lipinski definition) is 6. The number of unbranched alkanes of at least 4 members (excludes halogenated alkanes) is 28. The van der Waals surface area contributed by atoms with Crippen LogP contribution < -0.4 is 5.32 Å². The van der Waals surface area contributed by atoms with Crippen molar-refractivity contribution in [2.45, 2.75) is 281 Å². The Labute approximate surface area is 403 Å². The van der Waals surface area contributed by atoms with Crippen LogP contribution in [-0.2, 0) is 23.8 Å². The number of amides is 1. The monoisotopic (exact) mass is 936 g/mol. The van der Waals surface area contributed by atoms with Gasteiger partial charge in [0.2, 0.25) is 5.91 Å². The van der Waals surface area contributed by atoms with E-state index in [1.54, 1.807) is 6.08 Å². The van der Waals surface area contributed by atoms with Gasteiger partial charge >= 0.3 is 5.97 Å². The molecule has 386 valence electrons. The maximum absolute atomic E-state index is 13.0. The standard InChI is InChI=1S/C55H101NO10/c1-3-5-7-9-11-13-14-23-27-31-35-39-43-51(60)64-44-40-36-32-28-24-21-19-17-15-16-18-20-22-26-30-34-38-42-50(59)56-47(48(58)41-37-33-29-25-12-10-8-6-4-2)46-65-55-54(63)53(62)52(61)49(45-57)66-55/h11,13,15,17,37,41,47-49,52-55,57-58,61-63H,3-10,12,14,16,18-36,38-40,42-46H2,1-2H3,(H,56,59)/b13-11-,17-15-,41-37+. The van der Waals surface area contributed by atoms with Crippen molar-refractivity contribution in [1.29, 1.82) is 0 Å². The summed E-state index contributed by atoms with van der Waals surface area (Å²) in [7, 11) is 0. The summed E-state index contributed by atoms with van der Waals surface area (Å²) < 4.78 is 16.6. The van der Waals surface area contributed by atoms with Crippen LogP contribution in [0.2, 0.25) is 0 Å². The van der Waals surface area contributed by atoms with Crippen LogP contribution in [0.25, 0.3) is 0 Å². The lowest BCUT2D eigenvalue weighted by atomic mass is 9.99. The molecule has 0 aliphatic carbocycles. The molecule has 7 unspecified atom stereocenters. The predicted octanol–water partition coefficient (Wildman–Crippen LogP) is 11.6. The maximum atomic E-state index is 13.0. The summed E-state index contributed by atoms with van der Waals surface area (Å²) in [5, 5.41) is 54.1. The largest absolute Gasteiger partial charge is 0.466 e. The van der Waals surface area contributed by atoms with Gasteiger partial charge in [-0.3, -0.25) is 9.59 Å². The first-order chi connectivity index (χ1) is 32.2. The van der Waals surface area contributed by atoms with Gasteiger partial charge in [-0.15, -0.1) is 0 Å². The minimum absolute atomic E-state index is 0.0295. The van der Waals surface area contributed by atoms with E-state index in [1.165, 1.54) is 128 Å². The van der Waals surface area contributed by atoms with Crippen LogP contribution in [0.15, 0.2) is 36.5 Å². The Morgan fingerprint density at radius 2 is 0.970 bits per heavy atom. The van der Waals surface area contributed by atoms with Gasteiger partial charge in [0.05, 0.1) is 32.0 Å². The molecule has 1 rings (SSSR count). The lowest BCUT2D eigenvalue weighted by molar-refractivity contribution is -0.302. The van der Waals surface area contributed by atoms with Crippen molar-refractivity contribution in [2.75, 3.05) is 19.8 Å². The number of esters is 1. The molecule has 0 aromatic heterocycles. The zero-order valence-corrected chi connectivity index (χ0v) is 42.2. The summed E-state index contributed by atoms with van der Waals surface area (Å²) in [6, 6.07) is -0.817. The Bertz CT molecular complexity index is 1190. The van der Waals surface area contributed by atoms with Crippen LogP contribution in [-0.4, -0.2) is 100 Å². The molecular formula is C55H101NO10. The molecule has 0 aromatic carbocycles. The fourth-order valence-electron chi connectivity index (χ4n) is 8.30. The van der Waals surface area contributed by atoms with Crippen LogP contribution in [0, 0.1) is 0 Å². The number of aliphatic hydroxyl groups excluding tert-OH is 5. The first-order valence-corrected chi connectivity index (χ1v) is 27.3. The molecule has 1 fully saturated rings. The van der Waals surface area contributed by atoms with Crippen LogP contribution in [0.4, 0.5) is 0 Å². The highest BCUT2D eigenvalue weighted by molar-refractivity contribution is 5.76. The molecule has 0 saturated carbocycles. The average Bonchev–Trinajstić information content (AvgIpc) is 3.31. The van der Waals surface area contributed by atoms with E-state index in [0.29, 0.717) is 19.4 Å². The Morgan fingerprint density at radius 3 is 1.48 bits per heavy atom. The molecule has 1 heterocycles. The van der Waals surface area contributed by atoms with E-state index in [4.69, 9.17) is 14.2 Å². The summed E-state index contributed by atoms with van der Waals surface area (Å²) >= 11 is 0. The first-order valence-electron chi connectivity index (χ1n) is 27.3. The number of ether oxygens (including phenoxy) is 3. The van der Waals surface area contributed by atoms with Gasteiger partial charge in [0.25, 0.3) is 0 Å². The third-order valence-electron chi connectivity index (χ3n) is 12.7.